The van der Waals surface area contributed by atoms with Crippen LogP contribution in [0, 0.1) is 0 Å². The van der Waals surface area contributed by atoms with Crippen LogP contribution in [-0.4, -0.2) is 37.0 Å². The highest BCUT2D eigenvalue weighted by molar-refractivity contribution is 7.89. The van der Waals surface area contributed by atoms with Gasteiger partial charge in [-0.1, -0.05) is 26.0 Å². The lowest BCUT2D eigenvalue weighted by molar-refractivity contribution is 0.189. The van der Waals surface area contributed by atoms with Crippen LogP contribution < -0.4 is 0 Å². The van der Waals surface area contributed by atoms with Crippen molar-refractivity contribution in [2.24, 2.45) is 0 Å². The first-order chi connectivity index (χ1) is 8.41. The first-order valence-corrected chi connectivity index (χ1v) is 7.63. The molecule has 1 heterocycles. The van der Waals surface area contributed by atoms with Crippen molar-refractivity contribution in [3.8, 4) is 0 Å². The van der Waals surface area contributed by atoms with Gasteiger partial charge in [0.15, 0.2) is 0 Å². The van der Waals surface area contributed by atoms with Gasteiger partial charge in [0.1, 0.15) is 0 Å². The van der Waals surface area contributed by atoms with Crippen LogP contribution in [0.3, 0.4) is 0 Å². The third-order valence-corrected chi connectivity index (χ3v) is 5.19. The van der Waals surface area contributed by atoms with E-state index in [-0.39, 0.29) is 6.54 Å². The highest BCUT2D eigenvalue weighted by atomic mass is 32.2. The summed E-state index contributed by atoms with van der Waals surface area (Å²) in [7, 11) is -3.44. The molecule has 1 unspecified atom stereocenters. The maximum absolute atomic E-state index is 12.3. The largest absolute Gasteiger partial charge is 0.392 e. The van der Waals surface area contributed by atoms with Crippen LogP contribution in [0.5, 0.6) is 0 Å². The quantitative estimate of drug-likeness (QED) is 0.906. The number of benzene rings is 1. The molecule has 1 aromatic rings. The average Bonchev–Trinajstić information content (AvgIpc) is 2.76. The molecule has 0 aromatic heterocycles. The molecule has 100 valence electrons. The van der Waals surface area contributed by atoms with Crippen LogP contribution in [0.4, 0.5) is 0 Å². The third kappa shape index (κ3) is 2.58. The number of hydrogen-bond acceptors (Lipinski definition) is 3. The van der Waals surface area contributed by atoms with E-state index in [1.807, 2.05) is 12.1 Å². The summed E-state index contributed by atoms with van der Waals surface area (Å²) in [4.78, 5) is 0.306. The van der Waals surface area contributed by atoms with E-state index in [1.54, 1.807) is 12.1 Å². The summed E-state index contributed by atoms with van der Waals surface area (Å²) in [5.41, 5.74) is 1.12. The molecule has 4 nitrogen and oxygen atoms in total. The van der Waals surface area contributed by atoms with E-state index in [2.05, 4.69) is 13.8 Å². The van der Waals surface area contributed by atoms with E-state index in [0.29, 0.717) is 23.8 Å². The van der Waals surface area contributed by atoms with Crippen molar-refractivity contribution in [1.82, 2.24) is 4.31 Å². The summed E-state index contributed by atoms with van der Waals surface area (Å²) >= 11 is 0. The van der Waals surface area contributed by atoms with E-state index in [4.69, 9.17) is 0 Å². The fraction of sp³-hybridized carbons (Fsp3) is 0.538. The van der Waals surface area contributed by atoms with Gasteiger partial charge in [0.05, 0.1) is 11.0 Å². The third-order valence-electron chi connectivity index (χ3n) is 3.31. The summed E-state index contributed by atoms with van der Waals surface area (Å²) in [5, 5.41) is 9.42. The Morgan fingerprint density at radius 2 is 1.89 bits per heavy atom. The first-order valence-electron chi connectivity index (χ1n) is 6.19. The number of nitrogens with zero attached hydrogens (tertiary/aromatic N) is 1. The maximum atomic E-state index is 12.3. The zero-order chi connectivity index (χ0) is 13.3. The molecule has 1 saturated heterocycles. The second kappa shape index (κ2) is 4.99. The number of aliphatic hydroxyl groups excluding tert-OH is 1. The smallest absolute Gasteiger partial charge is 0.243 e. The van der Waals surface area contributed by atoms with Gasteiger partial charge in [-0.25, -0.2) is 8.42 Å². The van der Waals surface area contributed by atoms with E-state index in [9.17, 15) is 13.5 Å². The van der Waals surface area contributed by atoms with Crippen LogP contribution >= 0.6 is 0 Å². The Kier molecular flexibility index (Phi) is 3.75. The summed E-state index contributed by atoms with van der Waals surface area (Å²) in [6.07, 6.45) is -0.0155. The predicted octanol–water partition coefficient (Wildman–Crippen LogP) is 1.57. The van der Waals surface area contributed by atoms with Gasteiger partial charge in [-0.2, -0.15) is 4.31 Å². The van der Waals surface area contributed by atoms with Crippen LogP contribution in [0.1, 0.15) is 31.7 Å². The fourth-order valence-electron chi connectivity index (χ4n) is 2.10. The minimum absolute atomic E-state index is 0.203. The normalized spacial score (nSPS) is 21.7. The molecule has 0 aliphatic carbocycles. The maximum Gasteiger partial charge on any atom is 0.243 e. The standard InChI is InChI=1S/C13H19NO3S/c1-10(2)11-3-5-13(6-4-11)18(16,17)14-8-7-12(15)9-14/h3-6,10,12,15H,7-9H2,1-2H3. The number of sulfonamides is 1. The fourth-order valence-corrected chi connectivity index (χ4v) is 3.59. The molecule has 1 fully saturated rings. The topological polar surface area (TPSA) is 57.6 Å². The molecule has 0 radical (unpaired) electrons. The summed E-state index contributed by atoms with van der Waals surface area (Å²) in [6, 6.07) is 7.00. The number of aliphatic hydroxyl groups is 1. The Labute approximate surface area is 108 Å². The Bertz CT molecular complexity index is 508. The molecule has 1 aromatic carbocycles. The van der Waals surface area contributed by atoms with Crippen LogP contribution in [0.2, 0.25) is 0 Å². The van der Waals surface area contributed by atoms with Crippen molar-refractivity contribution < 1.29 is 13.5 Å². The van der Waals surface area contributed by atoms with Gasteiger partial charge in [-0.05, 0) is 30.0 Å². The van der Waals surface area contributed by atoms with Crippen LogP contribution in [0.25, 0.3) is 0 Å². The molecule has 1 aliphatic rings. The summed E-state index contributed by atoms with van der Waals surface area (Å²) < 4.78 is 25.9. The van der Waals surface area contributed by atoms with Gasteiger partial charge in [0.25, 0.3) is 0 Å². The zero-order valence-corrected chi connectivity index (χ0v) is 11.5. The van der Waals surface area contributed by atoms with E-state index < -0.39 is 16.1 Å². The minimum Gasteiger partial charge on any atom is -0.392 e. The lowest BCUT2D eigenvalue weighted by atomic mass is 10.0. The Hall–Kier alpha value is -0.910. The first kappa shape index (κ1) is 13.5. The van der Waals surface area contributed by atoms with Gasteiger partial charge in [0.2, 0.25) is 10.0 Å². The van der Waals surface area contributed by atoms with Crippen molar-refractivity contribution in [1.29, 1.82) is 0 Å². The lowest BCUT2D eigenvalue weighted by Crippen LogP contribution is -2.29. The van der Waals surface area contributed by atoms with Gasteiger partial charge in [-0.3, -0.25) is 0 Å². The minimum atomic E-state index is -3.44. The Morgan fingerprint density at radius 3 is 2.33 bits per heavy atom. The molecule has 1 aliphatic heterocycles. The summed E-state index contributed by atoms with van der Waals surface area (Å²) in [6.45, 7) is 4.74. The van der Waals surface area contributed by atoms with Gasteiger partial charge in [-0.15, -0.1) is 0 Å². The van der Waals surface area contributed by atoms with Crippen molar-refractivity contribution in [3.63, 3.8) is 0 Å². The molecular formula is C13H19NO3S. The molecule has 0 bridgehead atoms. The highest BCUT2D eigenvalue weighted by Gasteiger charge is 2.31. The average molecular weight is 269 g/mol. The monoisotopic (exact) mass is 269 g/mol. The van der Waals surface area contributed by atoms with Crippen molar-refractivity contribution in [2.75, 3.05) is 13.1 Å². The van der Waals surface area contributed by atoms with E-state index in [0.717, 1.165) is 5.56 Å². The molecule has 18 heavy (non-hydrogen) atoms. The summed E-state index contributed by atoms with van der Waals surface area (Å²) in [5.74, 6) is 0.385. The predicted molar refractivity (Wildman–Crippen MR) is 69.9 cm³/mol. The molecule has 0 amide bonds. The molecule has 5 heteroatoms. The second-order valence-electron chi connectivity index (χ2n) is 5.03. The van der Waals surface area contributed by atoms with Crippen LogP contribution in [-0.2, 0) is 10.0 Å². The Balaban J connectivity index is 2.25. The molecule has 2 rings (SSSR count). The molecule has 0 saturated carbocycles. The van der Waals surface area contributed by atoms with E-state index >= 15 is 0 Å². The Morgan fingerprint density at radius 1 is 1.28 bits per heavy atom. The molecule has 1 N–H and O–H groups in total. The second-order valence-corrected chi connectivity index (χ2v) is 6.97. The zero-order valence-electron chi connectivity index (χ0n) is 10.7. The van der Waals surface area contributed by atoms with Crippen molar-refractivity contribution >= 4 is 10.0 Å². The number of hydrogen-bond donors (Lipinski definition) is 1. The van der Waals surface area contributed by atoms with Crippen molar-refractivity contribution in [3.05, 3.63) is 29.8 Å². The van der Waals surface area contributed by atoms with E-state index in [1.165, 1.54) is 4.31 Å². The molecule has 0 spiro atoms. The SMILES string of the molecule is CC(C)c1ccc(S(=O)(=O)N2CCC(O)C2)cc1. The number of β-amino-alcohol motifs (C(OH)–C–C–N with tert-alkyl or cyclic N) is 1. The van der Waals surface area contributed by atoms with Crippen LogP contribution in [0.15, 0.2) is 29.2 Å². The van der Waals surface area contributed by atoms with Gasteiger partial charge < -0.3 is 5.11 Å². The lowest BCUT2D eigenvalue weighted by Gasteiger charge is -2.16. The van der Waals surface area contributed by atoms with Gasteiger partial charge >= 0.3 is 0 Å². The molecular weight excluding hydrogens is 250 g/mol. The highest BCUT2D eigenvalue weighted by Crippen LogP contribution is 2.23. The molecule has 1 atom stereocenters. The van der Waals surface area contributed by atoms with Gasteiger partial charge in [0, 0.05) is 13.1 Å². The number of rotatable bonds is 3. The van der Waals surface area contributed by atoms with Crippen molar-refractivity contribution in [2.45, 2.75) is 37.2 Å².